The molecule has 34 heavy (non-hydrogen) atoms. The summed E-state index contributed by atoms with van der Waals surface area (Å²) in [7, 11) is 1.41. The summed E-state index contributed by atoms with van der Waals surface area (Å²) in [5, 5.41) is 10.3. The van der Waals surface area contributed by atoms with E-state index >= 15 is 0 Å². The van der Waals surface area contributed by atoms with Crippen molar-refractivity contribution in [3.05, 3.63) is 34.4 Å². The highest BCUT2D eigenvalue weighted by molar-refractivity contribution is 6.32. The molecule has 2 saturated heterocycles. The molecule has 6 atom stereocenters. The maximum absolute atomic E-state index is 13.4. The van der Waals surface area contributed by atoms with Gasteiger partial charge in [0, 0.05) is 19.0 Å². The van der Waals surface area contributed by atoms with Crippen LogP contribution in [0.2, 0.25) is 5.02 Å². The highest BCUT2D eigenvalue weighted by atomic mass is 35.5. The summed E-state index contributed by atoms with van der Waals surface area (Å²) < 4.78 is 5.30. The number of likely N-dealkylation sites (tertiary alicyclic amines) is 2. The number of imide groups is 2. The van der Waals surface area contributed by atoms with E-state index < -0.39 is 29.6 Å². The summed E-state index contributed by atoms with van der Waals surface area (Å²) in [4.78, 5) is 55.5. The molecule has 9 heteroatoms. The first-order valence-corrected chi connectivity index (χ1v) is 12.1. The van der Waals surface area contributed by atoms with Crippen LogP contribution in [0.5, 0.6) is 11.5 Å². The van der Waals surface area contributed by atoms with Crippen LogP contribution in [0.1, 0.15) is 38.2 Å². The standard InChI is InChI=1S/C25H27ClN2O6/c1-4-27-22(30)13-7-6-12-14(19(13)24(27)32)10-15-20(25(33)28(5-2)23(15)31)18(12)11-8-16(26)21(29)17(9-11)34-3/h6,8-9,13-15,18-20,29H,4-5,7,10H2,1-3H3/t13-,14+,15+,18-,19-,20+/m0/s1. The number of carbonyl (C=O) groups is 4. The van der Waals surface area contributed by atoms with Crippen molar-refractivity contribution in [3.8, 4) is 11.5 Å². The van der Waals surface area contributed by atoms with E-state index in [9.17, 15) is 24.3 Å². The van der Waals surface area contributed by atoms with Crippen molar-refractivity contribution in [1.82, 2.24) is 9.80 Å². The minimum Gasteiger partial charge on any atom is -0.503 e. The van der Waals surface area contributed by atoms with Gasteiger partial charge in [-0.1, -0.05) is 23.3 Å². The van der Waals surface area contributed by atoms with Crippen LogP contribution in [0, 0.1) is 29.6 Å². The van der Waals surface area contributed by atoms with Crippen molar-refractivity contribution in [2.45, 2.75) is 32.6 Å². The van der Waals surface area contributed by atoms with Gasteiger partial charge >= 0.3 is 0 Å². The molecular formula is C25H27ClN2O6. The summed E-state index contributed by atoms with van der Waals surface area (Å²) in [6.07, 6.45) is 2.75. The quantitative estimate of drug-likeness (QED) is 0.518. The van der Waals surface area contributed by atoms with Gasteiger partial charge in [-0.25, -0.2) is 0 Å². The van der Waals surface area contributed by atoms with E-state index in [4.69, 9.17) is 16.3 Å². The molecule has 1 aromatic rings. The lowest BCUT2D eigenvalue weighted by molar-refractivity contribution is -0.141. The lowest BCUT2D eigenvalue weighted by Gasteiger charge is -2.44. The van der Waals surface area contributed by atoms with E-state index in [0.717, 1.165) is 5.57 Å². The van der Waals surface area contributed by atoms with Gasteiger partial charge in [0.05, 0.1) is 35.8 Å². The van der Waals surface area contributed by atoms with Gasteiger partial charge < -0.3 is 9.84 Å². The second kappa shape index (κ2) is 8.12. The van der Waals surface area contributed by atoms with E-state index in [-0.39, 0.29) is 52.6 Å². The number of hydrogen-bond donors (Lipinski definition) is 1. The Morgan fingerprint density at radius 2 is 1.56 bits per heavy atom. The average Bonchev–Trinajstić information content (AvgIpc) is 3.22. The van der Waals surface area contributed by atoms with Gasteiger partial charge in [-0.05, 0) is 50.3 Å². The Hall–Kier alpha value is -2.87. The van der Waals surface area contributed by atoms with E-state index in [1.165, 1.54) is 16.9 Å². The molecule has 2 heterocycles. The molecule has 3 fully saturated rings. The number of nitrogens with zero attached hydrogens (tertiary/aromatic N) is 2. The number of allylic oxidation sites excluding steroid dienone is 2. The third kappa shape index (κ3) is 2.97. The molecule has 2 aliphatic carbocycles. The molecule has 0 spiro atoms. The Labute approximate surface area is 202 Å². The van der Waals surface area contributed by atoms with Crippen molar-refractivity contribution in [2.24, 2.45) is 29.6 Å². The fourth-order valence-electron chi connectivity index (χ4n) is 6.65. The Balaban J connectivity index is 1.68. The summed E-state index contributed by atoms with van der Waals surface area (Å²) in [5.41, 5.74) is 1.54. The SMILES string of the molecule is CCN1C(=O)[C@H]2[C@H](CC=C3[C@H]2C[C@H]2C(=O)N(CC)C(=O)[C@H]2[C@H]3c2cc(Cl)c(O)c(OC)c2)C1=O. The number of amides is 4. The van der Waals surface area contributed by atoms with Crippen molar-refractivity contribution >= 4 is 35.2 Å². The fraction of sp³-hybridized carbons (Fsp3) is 0.520. The third-order valence-electron chi connectivity index (χ3n) is 8.09. The Morgan fingerprint density at radius 3 is 2.18 bits per heavy atom. The number of aromatic hydroxyl groups is 1. The first-order chi connectivity index (χ1) is 16.2. The second-order valence-electron chi connectivity index (χ2n) is 9.42. The molecule has 1 N–H and O–H groups in total. The van der Waals surface area contributed by atoms with Gasteiger partial charge in [0.25, 0.3) is 0 Å². The van der Waals surface area contributed by atoms with Gasteiger partial charge in [0.1, 0.15) is 0 Å². The van der Waals surface area contributed by atoms with Crippen LogP contribution < -0.4 is 4.74 Å². The maximum Gasteiger partial charge on any atom is 0.234 e. The van der Waals surface area contributed by atoms with Crippen molar-refractivity contribution in [3.63, 3.8) is 0 Å². The summed E-state index contributed by atoms with van der Waals surface area (Å²) in [6.45, 7) is 4.13. The number of halogens is 1. The normalized spacial score (nSPS) is 32.5. The predicted octanol–water partition coefficient (Wildman–Crippen LogP) is 2.73. The molecule has 4 aliphatic rings. The molecule has 0 aromatic heterocycles. The van der Waals surface area contributed by atoms with Crippen molar-refractivity contribution in [2.75, 3.05) is 20.2 Å². The number of phenols is 1. The van der Waals surface area contributed by atoms with Crippen LogP contribution in [0.3, 0.4) is 0 Å². The largest absolute Gasteiger partial charge is 0.503 e. The molecule has 8 nitrogen and oxygen atoms in total. The zero-order valence-electron chi connectivity index (χ0n) is 19.3. The van der Waals surface area contributed by atoms with Crippen LogP contribution >= 0.6 is 11.6 Å². The summed E-state index contributed by atoms with van der Waals surface area (Å²) in [5.74, 6) is -3.90. The Morgan fingerprint density at radius 1 is 0.941 bits per heavy atom. The van der Waals surface area contributed by atoms with Gasteiger partial charge in [-0.15, -0.1) is 0 Å². The molecule has 4 amide bonds. The van der Waals surface area contributed by atoms with Crippen LogP contribution in [0.4, 0.5) is 0 Å². The van der Waals surface area contributed by atoms with Crippen molar-refractivity contribution < 1.29 is 29.0 Å². The molecular weight excluding hydrogens is 460 g/mol. The molecule has 180 valence electrons. The highest BCUT2D eigenvalue weighted by Crippen LogP contribution is 2.58. The predicted molar refractivity (Wildman–Crippen MR) is 122 cm³/mol. The summed E-state index contributed by atoms with van der Waals surface area (Å²) >= 11 is 6.31. The lowest BCUT2D eigenvalue weighted by Crippen LogP contribution is -2.43. The van der Waals surface area contributed by atoms with E-state index in [1.54, 1.807) is 26.0 Å². The number of carbonyl (C=O) groups excluding carboxylic acids is 4. The zero-order chi connectivity index (χ0) is 24.5. The van der Waals surface area contributed by atoms with Gasteiger partial charge in [-0.2, -0.15) is 0 Å². The van der Waals surface area contributed by atoms with Crippen LogP contribution in [0.25, 0.3) is 0 Å². The number of rotatable bonds is 4. The zero-order valence-corrected chi connectivity index (χ0v) is 20.0. The average molecular weight is 487 g/mol. The van der Waals surface area contributed by atoms with Gasteiger partial charge in [-0.3, -0.25) is 29.0 Å². The molecule has 1 saturated carbocycles. The maximum atomic E-state index is 13.4. The Bertz CT molecular complexity index is 1150. The van der Waals surface area contributed by atoms with Crippen LogP contribution in [-0.2, 0) is 19.2 Å². The number of phenolic OH excluding ortho intramolecular Hbond substituents is 1. The molecule has 0 radical (unpaired) electrons. The monoisotopic (exact) mass is 486 g/mol. The smallest absolute Gasteiger partial charge is 0.234 e. The topological polar surface area (TPSA) is 104 Å². The Kier molecular flexibility index (Phi) is 5.47. The van der Waals surface area contributed by atoms with E-state index in [2.05, 4.69) is 0 Å². The number of ether oxygens (including phenoxy) is 1. The fourth-order valence-corrected chi connectivity index (χ4v) is 6.87. The molecule has 1 aromatic carbocycles. The first kappa shape index (κ1) is 22.9. The molecule has 0 unspecified atom stereocenters. The number of benzene rings is 1. The third-order valence-corrected chi connectivity index (χ3v) is 8.38. The number of fused-ring (bicyclic) bond motifs is 4. The van der Waals surface area contributed by atoms with Crippen LogP contribution in [0.15, 0.2) is 23.8 Å². The summed E-state index contributed by atoms with van der Waals surface area (Å²) in [6, 6.07) is 3.24. The van der Waals surface area contributed by atoms with E-state index in [0.29, 0.717) is 24.9 Å². The minimum absolute atomic E-state index is 0.0794. The van der Waals surface area contributed by atoms with Crippen molar-refractivity contribution in [1.29, 1.82) is 0 Å². The first-order valence-electron chi connectivity index (χ1n) is 11.7. The lowest BCUT2D eigenvalue weighted by atomic mass is 9.57. The van der Waals surface area contributed by atoms with Gasteiger partial charge in [0.15, 0.2) is 11.5 Å². The molecule has 5 rings (SSSR count). The molecule has 2 aliphatic heterocycles. The number of hydrogen-bond acceptors (Lipinski definition) is 6. The minimum atomic E-state index is -0.633. The van der Waals surface area contributed by atoms with Crippen LogP contribution in [-0.4, -0.2) is 58.7 Å². The molecule has 0 bridgehead atoms. The van der Waals surface area contributed by atoms with E-state index in [1.807, 2.05) is 6.08 Å². The highest BCUT2D eigenvalue weighted by Gasteiger charge is 2.61. The van der Waals surface area contributed by atoms with Gasteiger partial charge in [0.2, 0.25) is 23.6 Å². The second-order valence-corrected chi connectivity index (χ2v) is 9.83. The number of methoxy groups -OCH3 is 1.